The predicted molar refractivity (Wildman–Crippen MR) is 95.7 cm³/mol. The highest BCUT2D eigenvalue weighted by Gasteiger charge is 2.11. The number of benzene rings is 2. The Morgan fingerprint density at radius 3 is 2.35 bits per heavy atom. The summed E-state index contributed by atoms with van der Waals surface area (Å²) in [6.07, 6.45) is 1.41. The van der Waals surface area contributed by atoms with Crippen LogP contribution in [0.1, 0.15) is 10.4 Å². The molecule has 1 heterocycles. The van der Waals surface area contributed by atoms with Crippen LogP contribution in [0.2, 0.25) is 0 Å². The molecule has 0 atom stereocenters. The van der Waals surface area contributed by atoms with E-state index in [9.17, 15) is 8.42 Å². The lowest BCUT2D eigenvalue weighted by Gasteiger charge is -1.98. The summed E-state index contributed by atoms with van der Waals surface area (Å²) in [6.45, 7) is 1.91. The Kier molecular flexibility index (Phi) is 4.41. The molecule has 116 valence electrons. The average molecular weight is 341 g/mol. The van der Waals surface area contributed by atoms with Crippen molar-refractivity contribution >= 4 is 27.6 Å². The van der Waals surface area contributed by atoms with Gasteiger partial charge in [-0.3, -0.25) is 0 Å². The van der Waals surface area contributed by atoms with Gasteiger partial charge in [-0.1, -0.05) is 48.0 Å². The second kappa shape index (κ2) is 6.48. The molecule has 0 fully saturated rings. The molecule has 5 heteroatoms. The van der Waals surface area contributed by atoms with Gasteiger partial charge < -0.3 is 0 Å². The van der Waals surface area contributed by atoms with Gasteiger partial charge in [0.25, 0.3) is 10.0 Å². The number of aryl methyl sites for hydroxylation is 1. The Labute approximate surface area is 140 Å². The molecule has 3 aromatic rings. The maximum atomic E-state index is 12.2. The average Bonchev–Trinajstić information content (AvgIpc) is 3.03. The zero-order valence-electron chi connectivity index (χ0n) is 12.5. The van der Waals surface area contributed by atoms with Crippen molar-refractivity contribution in [2.75, 3.05) is 0 Å². The van der Waals surface area contributed by atoms with Gasteiger partial charge in [-0.2, -0.15) is 12.8 Å². The van der Waals surface area contributed by atoms with E-state index in [2.05, 4.69) is 4.40 Å². The molecule has 0 aliphatic carbocycles. The van der Waals surface area contributed by atoms with Gasteiger partial charge in [-0.15, -0.1) is 11.3 Å². The van der Waals surface area contributed by atoms with Crippen molar-refractivity contribution in [3.05, 3.63) is 76.5 Å². The van der Waals surface area contributed by atoms with Crippen molar-refractivity contribution in [2.24, 2.45) is 4.40 Å². The van der Waals surface area contributed by atoms with Gasteiger partial charge in [-0.05, 0) is 41.6 Å². The molecule has 1 aromatic heterocycles. The van der Waals surface area contributed by atoms with Crippen LogP contribution < -0.4 is 0 Å². The molecule has 0 radical (unpaired) electrons. The molecule has 0 spiro atoms. The number of hydrogen-bond acceptors (Lipinski definition) is 3. The Morgan fingerprint density at radius 1 is 0.957 bits per heavy atom. The summed E-state index contributed by atoms with van der Waals surface area (Å²) in [5.41, 5.74) is 3.17. The number of sulfonamides is 1. The van der Waals surface area contributed by atoms with Crippen LogP contribution in [0.5, 0.6) is 0 Å². The minimum atomic E-state index is -3.65. The Bertz CT molecular complexity index is 925. The van der Waals surface area contributed by atoms with E-state index in [4.69, 9.17) is 0 Å². The zero-order chi connectivity index (χ0) is 16.3. The summed E-state index contributed by atoms with van der Waals surface area (Å²) in [5.74, 6) is 0. The molecular formula is C18H15NO2S2. The normalized spacial score (nSPS) is 11.9. The summed E-state index contributed by atoms with van der Waals surface area (Å²) in [4.78, 5) is 1.01. The molecule has 23 heavy (non-hydrogen) atoms. The number of nitrogens with zero attached hydrogens (tertiary/aromatic N) is 1. The lowest BCUT2D eigenvalue weighted by Crippen LogP contribution is -1.97. The summed E-state index contributed by atoms with van der Waals surface area (Å²) in [6, 6.07) is 18.6. The molecule has 0 amide bonds. The van der Waals surface area contributed by atoms with Crippen molar-refractivity contribution in [3.63, 3.8) is 0 Å². The van der Waals surface area contributed by atoms with Gasteiger partial charge in [-0.25, -0.2) is 0 Å². The first kappa shape index (κ1) is 15.6. The van der Waals surface area contributed by atoms with E-state index in [0.29, 0.717) is 0 Å². The summed E-state index contributed by atoms with van der Waals surface area (Å²) < 4.78 is 28.2. The SMILES string of the molecule is Cc1ccc(S(=O)(=O)N=Cc2cc(-c3ccccc3)cs2)cc1. The first-order valence-electron chi connectivity index (χ1n) is 7.05. The Hall–Kier alpha value is -2.24. The topological polar surface area (TPSA) is 46.5 Å². The van der Waals surface area contributed by atoms with Gasteiger partial charge in [0, 0.05) is 4.88 Å². The maximum absolute atomic E-state index is 12.2. The second-order valence-electron chi connectivity index (χ2n) is 5.13. The van der Waals surface area contributed by atoms with E-state index in [1.807, 2.05) is 48.7 Å². The van der Waals surface area contributed by atoms with Gasteiger partial charge in [0.2, 0.25) is 0 Å². The number of rotatable bonds is 4. The summed E-state index contributed by atoms with van der Waals surface area (Å²) >= 11 is 1.47. The van der Waals surface area contributed by atoms with Crippen molar-refractivity contribution in [2.45, 2.75) is 11.8 Å². The van der Waals surface area contributed by atoms with Gasteiger partial charge in [0.1, 0.15) is 0 Å². The first-order valence-corrected chi connectivity index (χ1v) is 9.37. The molecule has 0 saturated heterocycles. The third kappa shape index (κ3) is 3.75. The van der Waals surface area contributed by atoms with Crippen LogP contribution >= 0.6 is 11.3 Å². The number of hydrogen-bond donors (Lipinski definition) is 0. The Balaban J connectivity index is 1.83. The van der Waals surface area contributed by atoms with Crippen molar-refractivity contribution in [3.8, 4) is 11.1 Å². The fourth-order valence-corrected chi connectivity index (χ4v) is 3.79. The van der Waals surface area contributed by atoms with Crippen LogP contribution in [0.3, 0.4) is 0 Å². The highest BCUT2D eigenvalue weighted by molar-refractivity contribution is 7.90. The van der Waals surface area contributed by atoms with Crippen LogP contribution in [0.4, 0.5) is 0 Å². The third-order valence-electron chi connectivity index (χ3n) is 3.36. The van der Waals surface area contributed by atoms with E-state index < -0.39 is 10.0 Å². The first-order chi connectivity index (χ1) is 11.0. The summed E-state index contributed by atoms with van der Waals surface area (Å²) in [7, 11) is -3.65. The molecule has 0 bridgehead atoms. The van der Waals surface area contributed by atoms with Gasteiger partial charge >= 0.3 is 0 Å². The van der Waals surface area contributed by atoms with Gasteiger partial charge in [0.15, 0.2) is 0 Å². The minimum absolute atomic E-state index is 0.208. The van der Waals surface area contributed by atoms with E-state index in [0.717, 1.165) is 21.6 Å². The highest BCUT2D eigenvalue weighted by atomic mass is 32.2. The minimum Gasteiger partial charge on any atom is -0.199 e. The van der Waals surface area contributed by atoms with Crippen LogP contribution in [0.25, 0.3) is 11.1 Å². The van der Waals surface area contributed by atoms with Crippen LogP contribution in [-0.4, -0.2) is 14.6 Å². The van der Waals surface area contributed by atoms with Crippen molar-refractivity contribution < 1.29 is 8.42 Å². The fourth-order valence-electron chi connectivity index (χ4n) is 2.09. The Morgan fingerprint density at radius 2 is 1.65 bits per heavy atom. The molecule has 3 nitrogen and oxygen atoms in total. The largest absolute Gasteiger partial charge is 0.282 e. The molecular weight excluding hydrogens is 326 g/mol. The molecule has 0 N–H and O–H groups in total. The van der Waals surface area contributed by atoms with Crippen LogP contribution in [0.15, 0.2) is 75.3 Å². The van der Waals surface area contributed by atoms with E-state index in [1.165, 1.54) is 17.6 Å². The molecule has 0 aliphatic heterocycles. The predicted octanol–water partition coefficient (Wildman–Crippen LogP) is 4.53. The van der Waals surface area contributed by atoms with Crippen LogP contribution in [0, 0.1) is 6.92 Å². The van der Waals surface area contributed by atoms with Crippen molar-refractivity contribution in [1.82, 2.24) is 0 Å². The highest BCUT2D eigenvalue weighted by Crippen LogP contribution is 2.24. The molecule has 3 rings (SSSR count). The standard InChI is InChI=1S/C18H15NO2S2/c1-14-7-9-18(10-8-14)23(20,21)19-12-17-11-16(13-22-17)15-5-3-2-4-6-15/h2-13H,1H3. The monoisotopic (exact) mass is 341 g/mol. The van der Waals surface area contributed by atoms with E-state index in [1.54, 1.807) is 24.3 Å². The summed E-state index contributed by atoms with van der Waals surface area (Å²) in [5, 5.41) is 2.00. The fraction of sp³-hybridized carbons (Fsp3) is 0.0556. The van der Waals surface area contributed by atoms with Gasteiger partial charge in [0.05, 0.1) is 11.1 Å². The van der Waals surface area contributed by atoms with Crippen molar-refractivity contribution in [1.29, 1.82) is 0 Å². The smallest absolute Gasteiger partial charge is 0.199 e. The number of thiophene rings is 1. The lowest BCUT2D eigenvalue weighted by atomic mass is 10.1. The lowest BCUT2D eigenvalue weighted by molar-refractivity contribution is 0.598. The van der Waals surface area contributed by atoms with Crippen LogP contribution in [-0.2, 0) is 10.0 Å². The zero-order valence-corrected chi connectivity index (χ0v) is 14.1. The molecule has 2 aromatic carbocycles. The van der Waals surface area contributed by atoms with E-state index >= 15 is 0 Å². The third-order valence-corrected chi connectivity index (χ3v) is 5.48. The molecule has 0 aliphatic rings. The quantitative estimate of drug-likeness (QED) is 0.655. The molecule has 0 saturated carbocycles. The maximum Gasteiger partial charge on any atom is 0.282 e. The molecule has 0 unspecified atom stereocenters. The van der Waals surface area contributed by atoms with E-state index in [-0.39, 0.29) is 4.90 Å². The second-order valence-corrected chi connectivity index (χ2v) is 7.70.